The summed E-state index contributed by atoms with van der Waals surface area (Å²) in [7, 11) is -9.76. The van der Waals surface area contributed by atoms with Gasteiger partial charge >= 0.3 is 39.0 Å². The van der Waals surface area contributed by atoms with Crippen LogP contribution in [0.2, 0.25) is 0 Å². The maximum absolute atomic E-state index is 15.2. The first-order valence-corrected chi connectivity index (χ1v) is 27.8. The van der Waals surface area contributed by atoms with Crippen molar-refractivity contribution in [2.75, 3.05) is 13.2 Å². The number of carbonyl (C=O) groups is 2. The molecule has 0 aliphatic carbocycles. The van der Waals surface area contributed by atoms with Crippen LogP contribution in [0.3, 0.4) is 0 Å². The first-order chi connectivity index (χ1) is 39.1. The van der Waals surface area contributed by atoms with E-state index in [4.69, 9.17) is 69.9 Å². The van der Waals surface area contributed by atoms with Gasteiger partial charge in [-0.1, -0.05) is 59.6 Å². The van der Waals surface area contributed by atoms with Gasteiger partial charge in [-0.2, -0.15) is 8.78 Å². The third kappa shape index (κ3) is 17.2. The first kappa shape index (κ1) is 68.4. The van der Waals surface area contributed by atoms with Crippen molar-refractivity contribution < 1.29 is 111 Å². The molecule has 462 valence electrons. The van der Waals surface area contributed by atoms with Crippen LogP contribution in [-0.4, -0.2) is 119 Å². The summed E-state index contributed by atoms with van der Waals surface area (Å²) in [6.45, 7) is 7.12. The molecule has 7 rings (SSSR count). The molecule has 5 N–H and O–H groups in total. The number of nitrogens with one attached hydrogen (secondary N) is 2. The number of phosphoric acid groups is 2. The lowest BCUT2D eigenvalue weighted by molar-refractivity contribution is -0.156. The lowest BCUT2D eigenvalue weighted by Gasteiger charge is -2.24. The fourth-order valence-electron chi connectivity index (χ4n) is 6.88. The number of phosphoric ester groups is 2. The van der Waals surface area contributed by atoms with Gasteiger partial charge in [0.05, 0.1) is 25.4 Å². The summed E-state index contributed by atoms with van der Waals surface area (Å²) in [5.74, 6) is -15.8. The third-order valence-corrected chi connectivity index (χ3v) is 14.5. The van der Waals surface area contributed by atoms with Gasteiger partial charge in [0.25, 0.3) is 21.4 Å². The van der Waals surface area contributed by atoms with Crippen LogP contribution in [0.1, 0.15) is 54.0 Å². The van der Waals surface area contributed by atoms with Crippen molar-refractivity contribution in [3.05, 3.63) is 156 Å². The number of carbonyl (C=O) groups excluding carboxylic acids is 2. The van der Waals surface area contributed by atoms with Gasteiger partial charge in [-0.05, 0) is 65.8 Å². The van der Waals surface area contributed by atoms with Crippen LogP contribution in [0, 0.1) is 29.1 Å². The second-order valence-corrected chi connectivity index (χ2v) is 22.1. The van der Waals surface area contributed by atoms with E-state index in [2.05, 4.69) is 4.52 Å². The van der Waals surface area contributed by atoms with E-state index < -0.39 is 170 Å². The number of aromatic nitrogens is 4. The summed E-state index contributed by atoms with van der Waals surface area (Å²) < 4.78 is 176. The topological polar surface area (TPSA) is 331 Å². The monoisotopic (exact) mass is 1280 g/mol. The molecule has 2 saturated heterocycles. The van der Waals surface area contributed by atoms with E-state index in [-0.39, 0.29) is 11.5 Å². The fraction of sp³-hybridized carbons (Fsp3) is 0.417. The van der Waals surface area contributed by atoms with Crippen molar-refractivity contribution in [1.82, 2.24) is 19.1 Å². The van der Waals surface area contributed by atoms with Crippen LogP contribution in [0.15, 0.2) is 104 Å². The van der Waals surface area contributed by atoms with Gasteiger partial charge < -0.3 is 47.8 Å². The minimum absolute atomic E-state index is 0.0630. The van der Waals surface area contributed by atoms with Gasteiger partial charge in [-0.3, -0.25) is 42.3 Å². The number of aliphatic hydroxyl groups is 3. The molecule has 0 bridgehead atoms. The molecule has 84 heavy (non-hydrogen) atoms. The number of hydrogen-bond donors (Lipinski definition) is 5. The standard InChI is InChI=1S/C21H25ClFN2O10P.C18H16F5O6P.C9H10ClFN2O5/c1-12(2)32-18(28)13(3)34-36(30,35-14-7-5-4-6-8-14)31-11-15-17(27)21(22,23)19(33-15)25-10-9-16(26)24-20(25)29;1-9(2)26-18(24)10(3)27-30(25,28-11-7-5-4-6-8-11)29-17-15(22)13(20)12(19)14(21)16(17)23;10-9(11)6(16)4(3-14)18-7(9)13-2-1-5(15)12-8(13)17/h4-10,12-13,15,17,19,27H,11H2,1-3H3,(H,24,26,29);4-10H,1-3H3;1-2,4,6-7,14,16H,3H2,(H,12,15,17)/t13-,15+,17+,19+,21+,36?;10-,30?;4-,6-,7-,9-/m001/s1. The number of esters is 2. The highest BCUT2D eigenvalue weighted by Gasteiger charge is 2.59. The van der Waals surface area contributed by atoms with Crippen LogP contribution in [-0.2, 0) is 51.2 Å². The highest BCUT2D eigenvalue weighted by Crippen LogP contribution is 2.54. The Bertz CT molecular complexity index is 3410. The third-order valence-electron chi connectivity index (χ3n) is 10.8. The van der Waals surface area contributed by atoms with Gasteiger partial charge in [0.2, 0.25) is 34.8 Å². The van der Waals surface area contributed by atoms with Crippen LogP contribution < -0.4 is 36.1 Å². The Morgan fingerprint density at radius 2 is 0.976 bits per heavy atom. The number of ether oxygens (including phenoxy) is 4. The number of halogens is 9. The van der Waals surface area contributed by atoms with Crippen molar-refractivity contribution in [1.29, 1.82) is 0 Å². The zero-order valence-corrected chi connectivity index (χ0v) is 47.5. The molecule has 2 fully saturated rings. The van der Waals surface area contributed by atoms with Crippen LogP contribution in [0.4, 0.5) is 30.7 Å². The van der Waals surface area contributed by atoms with Crippen molar-refractivity contribution in [3.8, 4) is 17.2 Å². The number of rotatable bonds is 20. The summed E-state index contributed by atoms with van der Waals surface area (Å²) in [5.41, 5.74) is -3.37. The molecule has 4 heterocycles. The lowest BCUT2D eigenvalue weighted by atomic mass is 10.1. The first-order valence-electron chi connectivity index (χ1n) is 24.1. The van der Waals surface area contributed by atoms with Gasteiger partial charge in [0.15, 0.2) is 24.7 Å². The molecule has 2 aliphatic rings. The van der Waals surface area contributed by atoms with Crippen molar-refractivity contribution in [3.63, 3.8) is 0 Å². The molecule has 5 aromatic rings. The van der Waals surface area contributed by atoms with Crippen LogP contribution >= 0.6 is 38.8 Å². The Labute approximate surface area is 478 Å². The van der Waals surface area contributed by atoms with Gasteiger partial charge in [-0.25, -0.2) is 50.3 Å². The number of para-hydroxylation sites is 2. The SMILES string of the molecule is CC(C)OC(=O)[C@H](C)OP(=O)(OC[C@H]1O[C@@H](n2ccc(=O)[nH]c2=O)[C@@](F)(Cl)[C@@H]1O)Oc1ccccc1.CC(C)OC(=O)[C@H](C)OP(=O)(Oc1ccccc1)Oc1c(F)c(F)c(F)c(F)c1F.O=c1ccn([C@@H]2O[C@H](CO)[C@@H](O)[C@]2(F)Cl)c(=O)[nH]1. The molecule has 36 heteroatoms. The van der Waals surface area contributed by atoms with E-state index in [1.165, 1.54) is 57.2 Å². The van der Waals surface area contributed by atoms with Gasteiger partial charge in [0, 0.05) is 24.5 Å². The summed E-state index contributed by atoms with van der Waals surface area (Å²) in [5, 5.41) is 23.0. The summed E-state index contributed by atoms with van der Waals surface area (Å²) in [6, 6.07) is 16.5. The molecule has 25 nitrogen and oxygen atoms in total. The van der Waals surface area contributed by atoms with Gasteiger partial charge in [-0.15, -0.1) is 0 Å². The number of aromatic amines is 2. The van der Waals surface area contributed by atoms with E-state index in [1.54, 1.807) is 38.1 Å². The highest BCUT2D eigenvalue weighted by atomic mass is 35.5. The molecular formula is C48H51Cl2F7N4O21P2. The fourth-order valence-corrected chi connectivity index (χ4v) is 10.2. The van der Waals surface area contributed by atoms with Crippen molar-refractivity contribution in [2.24, 2.45) is 0 Å². The molecule has 0 radical (unpaired) electrons. The van der Waals surface area contributed by atoms with Crippen molar-refractivity contribution in [2.45, 2.75) is 113 Å². The molecule has 3 aromatic carbocycles. The lowest BCUT2D eigenvalue weighted by Crippen LogP contribution is -2.42. The van der Waals surface area contributed by atoms with Gasteiger partial charge in [0.1, 0.15) is 35.9 Å². The molecule has 12 atom stereocenters. The number of aliphatic hydroxyl groups excluding tert-OH is 3. The number of nitrogens with zero attached hydrogens (tertiary/aromatic N) is 2. The molecule has 2 unspecified atom stereocenters. The van der Waals surface area contributed by atoms with Crippen LogP contribution in [0.5, 0.6) is 17.2 Å². The summed E-state index contributed by atoms with van der Waals surface area (Å²) in [6.07, 6.45) is -12.4. The minimum Gasteiger partial charge on any atom is -0.461 e. The quantitative estimate of drug-likeness (QED) is 0.0143. The highest BCUT2D eigenvalue weighted by molar-refractivity contribution is 7.49. The number of H-pyrrole nitrogens is 2. The Kier molecular flexibility index (Phi) is 23.3. The second-order valence-electron chi connectivity index (χ2n) is 18.0. The zero-order chi connectivity index (χ0) is 62.8. The Hall–Kier alpha value is -6.41. The number of alkyl halides is 4. The Balaban J connectivity index is 0.000000243. The molecule has 2 aromatic heterocycles. The largest absolute Gasteiger partial charge is 0.588 e. The number of benzene rings is 3. The smallest absolute Gasteiger partial charge is 0.461 e. The molecular weight excluding hydrogens is 1230 g/mol. The zero-order valence-electron chi connectivity index (χ0n) is 44.2. The molecule has 2 aliphatic heterocycles. The molecule has 0 saturated carbocycles. The summed E-state index contributed by atoms with van der Waals surface area (Å²) in [4.78, 5) is 73.6. The average molecular weight is 1290 g/mol. The van der Waals surface area contributed by atoms with E-state index in [0.717, 1.165) is 31.5 Å². The normalized spacial score (nSPS) is 24.0. The Morgan fingerprint density at radius 1 is 0.607 bits per heavy atom. The maximum atomic E-state index is 15.2. The predicted molar refractivity (Wildman–Crippen MR) is 275 cm³/mol. The van der Waals surface area contributed by atoms with E-state index in [0.29, 0.717) is 9.13 Å². The molecule has 0 amide bonds. The molecule has 0 spiro atoms. The average Bonchev–Trinajstić information content (AvgIpc) is 3.84. The number of hydrogen-bond acceptors (Lipinski definition) is 21. The van der Waals surface area contributed by atoms with E-state index >= 15 is 4.39 Å². The predicted octanol–water partition coefficient (Wildman–Crippen LogP) is 6.26. The van der Waals surface area contributed by atoms with E-state index in [1.807, 2.05) is 9.97 Å². The Morgan fingerprint density at radius 3 is 1.36 bits per heavy atom. The summed E-state index contributed by atoms with van der Waals surface area (Å²) >= 11 is 11.3. The van der Waals surface area contributed by atoms with Crippen LogP contribution in [0.25, 0.3) is 0 Å². The second kappa shape index (κ2) is 28.7. The van der Waals surface area contributed by atoms with E-state index in [9.17, 15) is 74.5 Å². The maximum Gasteiger partial charge on any atom is 0.588 e. The van der Waals surface area contributed by atoms with Crippen molar-refractivity contribution >= 4 is 50.8 Å². The minimum atomic E-state index is -5.16.